The summed E-state index contributed by atoms with van der Waals surface area (Å²) in [5.41, 5.74) is 3.70. The van der Waals surface area contributed by atoms with Crippen LogP contribution < -0.4 is 9.64 Å². The predicted octanol–water partition coefficient (Wildman–Crippen LogP) is 4.77. The Bertz CT molecular complexity index is 1060. The van der Waals surface area contributed by atoms with Crippen molar-refractivity contribution in [3.63, 3.8) is 0 Å². The Balaban J connectivity index is 1.63. The molecule has 3 aromatic carbocycles. The van der Waals surface area contributed by atoms with Crippen LogP contribution in [0, 0.1) is 0 Å². The van der Waals surface area contributed by atoms with E-state index < -0.39 is 0 Å². The lowest BCUT2D eigenvalue weighted by atomic mass is 9.82. The van der Waals surface area contributed by atoms with Crippen LogP contribution in [0.15, 0.2) is 60.7 Å². The van der Waals surface area contributed by atoms with Gasteiger partial charge in [0.25, 0.3) is 0 Å². The first-order chi connectivity index (χ1) is 14.1. The molecular weight excluding hydrogens is 360 g/mol. The molecule has 1 fully saturated rings. The first-order valence-corrected chi connectivity index (χ1v) is 10.4. The van der Waals surface area contributed by atoms with Gasteiger partial charge in [-0.3, -0.25) is 4.79 Å². The Morgan fingerprint density at radius 2 is 1.79 bits per heavy atom. The van der Waals surface area contributed by atoms with Crippen molar-refractivity contribution in [2.45, 2.75) is 31.4 Å². The minimum absolute atomic E-state index is 0.194. The Kier molecular flexibility index (Phi) is 4.42. The van der Waals surface area contributed by atoms with Gasteiger partial charge in [-0.2, -0.15) is 0 Å². The molecule has 0 aromatic heterocycles. The molecule has 1 saturated heterocycles. The van der Waals surface area contributed by atoms with Gasteiger partial charge in [0.05, 0.1) is 0 Å². The van der Waals surface area contributed by atoms with E-state index in [1.165, 1.54) is 27.6 Å². The average Bonchev–Trinajstić information content (AvgIpc) is 3.18. The predicted molar refractivity (Wildman–Crippen MR) is 117 cm³/mol. The summed E-state index contributed by atoms with van der Waals surface area (Å²) in [4.78, 5) is 16.4. The molecule has 0 aliphatic carbocycles. The van der Waals surface area contributed by atoms with Gasteiger partial charge in [0.1, 0.15) is 5.75 Å². The van der Waals surface area contributed by atoms with Gasteiger partial charge >= 0.3 is 0 Å². The number of fused-ring (bicyclic) bond motifs is 3. The van der Waals surface area contributed by atoms with Crippen molar-refractivity contribution in [1.82, 2.24) is 4.90 Å². The number of rotatable bonds is 3. The van der Waals surface area contributed by atoms with Gasteiger partial charge in [0, 0.05) is 50.7 Å². The van der Waals surface area contributed by atoms with E-state index in [0.717, 1.165) is 25.1 Å². The molecule has 0 saturated carbocycles. The Hall–Kier alpha value is -3.01. The smallest absolute Gasteiger partial charge is 0.225 e. The summed E-state index contributed by atoms with van der Waals surface area (Å²) in [6, 6.07) is 21.5. The number of nitrogens with zero attached hydrogens (tertiary/aromatic N) is 2. The van der Waals surface area contributed by atoms with Gasteiger partial charge in [0.15, 0.2) is 6.23 Å². The van der Waals surface area contributed by atoms with Crippen molar-refractivity contribution in [2.24, 2.45) is 0 Å². The Labute approximate surface area is 171 Å². The number of carbonyl (C=O) groups excluding carboxylic acids is 1. The van der Waals surface area contributed by atoms with Gasteiger partial charge in [-0.05, 0) is 41.0 Å². The highest BCUT2D eigenvalue weighted by Gasteiger charge is 2.37. The largest absolute Gasteiger partial charge is 0.470 e. The zero-order chi connectivity index (χ0) is 20.0. The third-order valence-electron chi connectivity index (χ3n) is 6.25. The minimum atomic E-state index is -0.197. The molecule has 0 unspecified atom stereocenters. The molecule has 0 bridgehead atoms. The highest BCUT2D eigenvalue weighted by molar-refractivity contribution is 5.89. The summed E-state index contributed by atoms with van der Waals surface area (Å²) in [6.45, 7) is 0.790. The highest BCUT2D eigenvalue weighted by Crippen LogP contribution is 2.45. The maximum atomic E-state index is 12.4. The van der Waals surface area contributed by atoms with Crippen LogP contribution in [0.1, 0.15) is 36.3 Å². The lowest BCUT2D eigenvalue weighted by Crippen LogP contribution is -2.43. The van der Waals surface area contributed by atoms with E-state index in [1.807, 2.05) is 4.90 Å². The number of anilines is 1. The van der Waals surface area contributed by atoms with Crippen molar-refractivity contribution in [3.05, 3.63) is 71.8 Å². The molecule has 1 amide bonds. The second-order valence-corrected chi connectivity index (χ2v) is 8.24. The maximum Gasteiger partial charge on any atom is 0.225 e. The molecule has 0 radical (unpaired) electrons. The number of amides is 1. The fourth-order valence-corrected chi connectivity index (χ4v) is 4.72. The highest BCUT2D eigenvalue weighted by atomic mass is 16.5. The Morgan fingerprint density at radius 3 is 2.52 bits per heavy atom. The van der Waals surface area contributed by atoms with Crippen LogP contribution in [0.3, 0.4) is 0 Å². The molecule has 2 heterocycles. The van der Waals surface area contributed by atoms with Crippen LogP contribution in [-0.2, 0) is 4.79 Å². The van der Waals surface area contributed by atoms with E-state index in [4.69, 9.17) is 4.74 Å². The number of carbonyl (C=O) groups is 1. The number of hydrogen-bond acceptors (Lipinski definition) is 3. The van der Waals surface area contributed by atoms with Gasteiger partial charge in [0.2, 0.25) is 5.91 Å². The van der Waals surface area contributed by atoms with Crippen molar-refractivity contribution in [2.75, 3.05) is 25.5 Å². The second-order valence-electron chi connectivity index (χ2n) is 8.24. The molecule has 4 heteroatoms. The molecule has 148 valence electrons. The SMILES string of the molecule is CN(C)c1ccc([C@@H]2C[C@H](N3CCCC3=O)Oc3ccc4ccccc4c32)cc1. The fraction of sp³-hybridized carbons (Fsp3) is 0.320. The molecule has 0 N–H and O–H groups in total. The van der Waals surface area contributed by atoms with E-state index in [9.17, 15) is 4.79 Å². The molecule has 2 aliphatic heterocycles. The van der Waals surface area contributed by atoms with Crippen LogP contribution >= 0.6 is 0 Å². The molecule has 4 nitrogen and oxygen atoms in total. The quantitative estimate of drug-likeness (QED) is 0.650. The van der Waals surface area contributed by atoms with Crippen LogP contribution in [0.25, 0.3) is 10.8 Å². The van der Waals surface area contributed by atoms with Gasteiger partial charge in [-0.15, -0.1) is 0 Å². The van der Waals surface area contributed by atoms with Crippen molar-refractivity contribution >= 4 is 22.4 Å². The van der Waals surface area contributed by atoms with Crippen molar-refractivity contribution < 1.29 is 9.53 Å². The molecule has 0 spiro atoms. The minimum Gasteiger partial charge on any atom is -0.470 e. The zero-order valence-corrected chi connectivity index (χ0v) is 17.0. The third-order valence-corrected chi connectivity index (χ3v) is 6.25. The molecule has 2 atom stereocenters. The normalized spacial score (nSPS) is 21.2. The van der Waals surface area contributed by atoms with Crippen LogP contribution in [0.4, 0.5) is 5.69 Å². The maximum absolute atomic E-state index is 12.4. The van der Waals surface area contributed by atoms with E-state index in [2.05, 4.69) is 79.7 Å². The third kappa shape index (κ3) is 3.13. The van der Waals surface area contributed by atoms with E-state index >= 15 is 0 Å². The molecule has 3 aromatic rings. The Morgan fingerprint density at radius 1 is 1.00 bits per heavy atom. The summed E-state index contributed by atoms with van der Waals surface area (Å²) in [5.74, 6) is 1.31. The zero-order valence-electron chi connectivity index (χ0n) is 17.0. The molecule has 2 aliphatic rings. The lowest BCUT2D eigenvalue weighted by Gasteiger charge is -2.37. The first-order valence-electron chi connectivity index (χ1n) is 10.4. The average molecular weight is 386 g/mol. The van der Waals surface area contributed by atoms with Gasteiger partial charge in [-0.1, -0.05) is 42.5 Å². The summed E-state index contributed by atoms with van der Waals surface area (Å²) in [7, 11) is 4.11. The number of benzene rings is 3. The number of ether oxygens (including phenoxy) is 1. The van der Waals surface area contributed by atoms with Crippen LogP contribution in [0.2, 0.25) is 0 Å². The first kappa shape index (κ1) is 18.0. The van der Waals surface area contributed by atoms with E-state index in [1.54, 1.807) is 0 Å². The second kappa shape index (κ2) is 7.11. The van der Waals surface area contributed by atoms with E-state index in [0.29, 0.717) is 6.42 Å². The topological polar surface area (TPSA) is 32.8 Å². The molecule has 5 rings (SSSR count). The fourth-order valence-electron chi connectivity index (χ4n) is 4.72. The summed E-state index contributed by atoms with van der Waals surface area (Å²) in [6.07, 6.45) is 2.14. The number of hydrogen-bond donors (Lipinski definition) is 0. The standard InChI is InChI=1S/C25H26N2O2/c1-26(2)19-12-9-18(10-13-19)21-16-24(27-15-5-8-23(27)28)29-22-14-11-17-6-3-4-7-20(17)25(21)22/h3-4,6-7,9-14,21,24H,5,8,15-16H2,1-2H3/t21-,24+/m0/s1. The van der Waals surface area contributed by atoms with Crippen LogP contribution in [-0.4, -0.2) is 37.7 Å². The summed E-state index contributed by atoms with van der Waals surface area (Å²) >= 11 is 0. The van der Waals surface area contributed by atoms with E-state index in [-0.39, 0.29) is 18.1 Å². The monoisotopic (exact) mass is 386 g/mol. The van der Waals surface area contributed by atoms with Crippen LogP contribution in [0.5, 0.6) is 5.75 Å². The van der Waals surface area contributed by atoms with Gasteiger partial charge < -0.3 is 14.5 Å². The van der Waals surface area contributed by atoms with Crippen molar-refractivity contribution in [1.29, 1.82) is 0 Å². The lowest BCUT2D eigenvalue weighted by molar-refractivity contribution is -0.135. The van der Waals surface area contributed by atoms with Crippen molar-refractivity contribution in [3.8, 4) is 5.75 Å². The molecule has 29 heavy (non-hydrogen) atoms. The summed E-state index contributed by atoms with van der Waals surface area (Å²) in [5, 5.41) is 2.46. The molecular formula is C25H26N2O2. The number of likely N-dealkylation sites (tertiary alicyclic amines) is 1. The summed E-state index contributed by atoms with van der Waals surface area (Å²) < 4.78 is 6.40. The van der Waals surface area contributed by atoms with Gasteiger partial charge in [-0.25, -0.2) is 0 Å².